The Hall–Kier alpha value is -1.06. The highest BCUT2D eigenvalue weighted by Crippen LogP contribution is 2.16. The van der Waals surface area contributed by atoms with Crippen molar-refractivity contribution in [3.8, 4) is 5.75 Å². The lowest BCUT2D eigenvalue weighted by Crippen LogP contribution is -2.40. The molecule has 0 aliphatic heterocycles. The summed E-state index contributed by atoms with van der Waals surface area (Å²) in [6.07, 6.45) is 0.890. The van der Waals surface area contributed by atoms with E-state index < -0.39 is 0 Å². The maximum absolute atomic E-state index is 5.84. The maximum atomic E-state index is 5.84. The molecule has 2 N–H and O–H groups in total. The van der Waals surface area contributed by atoms with Gasteiger partial charge in [0.05, 0.1) is 17.2 Å². The Bertz CT molecular complexity index is 656. The van der Waals surface area contributed by atoms with E-state index in [-0.39, 0.29) is 24.0 Å². The summed E-state index contributed by atoms with van der Waals surface area (Å²) in [6.45, 7) is 6.16. The highest BCUT2D eigenvalue weighted by Gasteiger charge is 2.04. The molecule has 0 aliphatic rings. The van der Waals surface area contributed by atoms with Gasteiger partial charge in [-0.3, -0.25) is 4.99 Å². The second-order valence-electron chi connectivity index (χ2n) is 5.23. The van der Waals surface area contributed by atoms with E-state index in [4.69, 9.17) is 16.3 Å². The number of nitrogens with one attached hydrogen (secondary N) is 2. The topological polar surface area (TPSA) is 58.5 Å². The van der Waals surface area contributed by atoms with E-state index in [9.17, 15) is 0 Å². The number of halogens is 2. The molecule has 0 amide bonds. The van der Waals surface area contributed by atoms with E-state index in [2.05, 4.69) is 27.5 Å². The maximum Gasteiger partial charge on any atom is 0.191 e. The van der Waals surface area contributed by atoms with Crippen molar-refractivity contribution in [3.05, 3.63) is 44.9 Å². The molecule has 0 spiro atoms. The number of guanidine groups is 1. The summed E-state index contributed by atoms with van der Waals surface area (Å²) in [6, 6.07) is 7.33. The third-order valence-corrected chi connectivity index (χ3v) is 4.79. The second kappa shape index (κ2) is 11.5. The summed E-state index contributed by atoms with van der Waals surface area (Å²) in [5.74, 6) is 1.57. The molecular formula is C17H24ClIN4OS. The van der Waals surface area contributed by atoms with Crippen molar-refractivity contribution < 1.29 is 4.74 Å². The average molecular weight is 495 g/mol. The molecule has 0 saturated heterocycles. The molecule has 8 heteroatoms. The monoisotopic (exact) mass is 494 g/mol. The first kappa shape index (κ1) is 22.0. The van der Waals surface area contributed by atoms with Crippen LogP contribution < -0.4 is 15.4 Å². The molecule has 1 aromatic heterocycles. The first-order chi connectivity index (χ1) is 11.6. The molecule has 0 radical (unpaired) electrons. The van der Waals surface area contributed by atoms with Crippen LogP contribution in [0.25, 0.3) is 0 Å². The van der Waals surface area contributed by atoms with Gasteiger partial charge in [0.15, 0.2) is 5.96 Å². The number of aromatic nitrogens is 1. The quantitative estimate of drug-likeness (QED) is 0.266. The molecule has 0 atom stereocenters. The molecule has 138 valence electrons. The number of aliphatic imine (C=N–C) groups is 1. The van der Waals surface area contributed by atoms with Crippen molar-refractivity contribution in [2.75, 3.05) is 26.7 Å². The van der Waals surface area contributed by atoms with Crippen LogP contribution in [0.3, 0.4) is 0 Å². The molecule has 25 heavy (non-hydrogen) atoms. The third-order valence-electron chi connectivity index (χ3n) is 3.40. The number of hydrogen-bond donors (Lipinski definition) is 2. The van der Waals surface area contributed by atoms with E-state index in [0.717, 1.165) is 35.4 Å². The number of benzene rings is 1. The minimum atomic E-state index is 0. The number of aryl methyl sites for hydroxylation is 2. The van der Waals surface area contributed by atoms with Crippen LogP contribution in [0.2, 0.25) is 5.02 Å². The van der Waals surface area contributed by atoms with Crippen molar-refractivity contribution in [1.82, 2.24) is 15.6 Å². The van der Waals surface area contributed by atoms with Crippen LogP contribution in [0, 0.1) is 13.8 Å². The van der Waals surface area contributed by atoms with Crippen molar-refractivity contribution in [2.45, 2.75) is 20.3 Å². The van der Waals surface area contributed by atoms with Gasteiger partial charge in [-0.2, -0.15) is 0 Å². The molecule has 0 unspecified atom stereocenters. The Labute approximate surface area is 175 Å². The SMILES string of the molecule is CN=C(NCCOc1ccc(Cl)cc1)NCCc1nc(C)c(C)s1.I. The smallest absolute Gasteiger partial charge is 0.191 e. The summed E-state index contributed by atoms with van der Waals surface area (Å²) < 4.78 is 5.63. The molecular weight excluding hydrogens is 471 g/mol. The van der Waals surface area contributed by atoms with Gasteiger partial charge in [-0.15, -0.1) is 35.3 Å². The molecule has 1 heterocycles. The minimum absolute atomic E-state index is 0. The van der Waals surface area contributed by atoms with E-state index >= 15 is 0 Å². The van der Waals surface area contributed by atoms with Crippen LogP contribution >= 0.6 is 46.9 Å². The van der Waals surface area contributed by atoms with Crippen LogP contribution in [0.1, 0.15) is 15.6 Å². The summed E-state index contributed by atoms with van der Waals surface area (Å²) in [4.78, 5) is 10.0. The minimum Gasteiger partial charge on any atom is -0.492 e. The second-order valence-corrected chi connectivity index (χ2v) is 6.95. The molecule has 0 saturated carbocycles. The summed E-state index contributed by atoms with van der Waals surface area (Å²) in [7, 11) is 1.76. The molecule has 0 bridgehead atoms. The fourth-order valence-corrected chi connectivity index (χ4v) is 3.08. The summed E-state index contributed by atoms with van der Waals surface area (Å²) in [5.41, 5.74) is 1.12. The fourth-order valence-electron chi connectivity index (χ4n) is 2.02. The Morgan fingerprint density at radius 3 is 2.48 bits per heavy atom. The highest BCUT2D eigenvalue weighted by molar-refractivity contribution is 14.0. The zero-order valence-corrected chi connectivity index (χ0v) is 18.5. The number of thiazole rings is 1. The first-order valence-corrected chi connectivity index (χ1v) is 9.03. The molecule has 2 rings (SSSR count). The summed E-state index contributed by atoms with van der Waals surface area (Å²) in [5, 5.41) is 8.37. The molecule has 2 aromatic rings. The highest BCUT2D eigenvalue weighted by atomic mass is 127. The molecule has 0 aliphatic carbocycles. The van der Waals surface area contributed by atoms with Crippen LogP contribution in [-0.4, -0.2) is 37.7 Å². The van der Waals surface area contributed by atoms with Crippen LogP contribution in [0.5, 0.6) is 5.75 Å². The van der Waals surface area contributed by atoms with Gasteiger partial charge >= 0.3 is 0 Å². The van der Waals surface area contributed by atoms with E-state index in [1.165, 1.54) is 4.88 Å². The van der Waals surface area contributed by atoms with Gasteiger partial charge in [0.25, 0.3) is 0 Å². The first-order valence-electron chi connectivity index (χ1n) is 7.84. The lowest BCUT2D eigenvalue weighted by molar-refractivity contribution is 0.322. The Morgan fingerprint density at radius 1 is 1.20 bits per heavy atom. The number of rotatable bonds is 7. The van der Waals surface area contributed by atoms with Gasteiger partial charge in [-0.25, -0.2) is 4.98 Å². The van der Waals surface area contributed by atoms with Gasteiger partial charge in [0.1, 0.15) is 12.4 Å². The fraction of sp³-hybridized carbons (Fsp3) is 0.412. The van der Waals surface area contributed by atoms with E-state index in [1.54, 1.807) is 18.4 Å². The number of ether oxygens (including phenoxy) is 1. The zero-order valence-electron chi connectivity index (χ0n) is 14.6. The number of nitrogens with zero attached hydrogens (tertiary/aromatic N) is 2. The lowest BCUT2D eigenvalue weighted by atomic mass is 10.3. The van der Waals surface area contributed by atoms with Gasteiger partial charge in [0.2, 0.25) is 0 Å². The Balaban J connectivity index is 0.00000312. The standard InChI is InChI=1S/C17H23ClN4OS.HI/c1-12-13(2)24-16(22-12)8-9-20-17(19-3)21-10-11-23-15-6-4-14(18)5-7-15;/h4-7H,8-11H2,1-3H3,(H2,19,20,21);1H. The van der Waals surface area contributed by atoms with E-state index in [0.29, 0.717) is 18.2 Å². The van der Waals surface area contributed by atoms with Crippen LogP contribution in [0.15, 0.2) is 29.3 Å². The molecule has 1 aromatic carbocycles. The number of hydrogen-bond acceptors (Lipinski definition) is 4. The predicted octanol–water partition coefficient (Wildman–Crippen LogP) is 3.82. The summed E-state index contributed by atoms with van der Waals surface area (Å²) >= 11 is 7.59. The average Bonchev–Trinajstić information content (AvgIpc) is 2.89. The van der Waals surface area contributed by atoms with Crippen molar-refractivity contribution in [3.63, 3.8) is 0 Å². The Kier molecular flexibility index (Phi) is 10.1. The van der Waals surface area contributed by atoms with Gasteiger partial charge in [-0.1, -0.05) is 11.6 Å². The zero-order chi connectivity index (χ0) is 17.4. The van der Waals surface area contributed by atoms with E-state index in [1.807, 2.05) is 31.2 Å². The molecule has 5 nitrogen and oxygen atoms in total. The van der Waals surface area contributed by atoms with Crippen molar-refractivity contribution in [2.24, 2.45) is 4.99 Å². The van der Waals surface area contributed by atoms with Gasteiger partial charge in [-0.05, 0) is 38.1 Å². The largest absolute Gasteiger partial charge is 0.492 e. The normalized spacial score (nSPS) is 11.0. The van der Waals surface area contributed by atoms with Crippen molar-refractivity contribution in [1.29, 1.82) is 0 Å². The molecule has 0 fully saturated rings. The predicted molar refractivity (Wildman–Crippen MR) is 117 cm³/mol. The van der Waals surface area contributed by atoms with Crippen LogP contribution in [0.4, 0.5) is 0 Å². The lowest BCUT2D eigenvalue weighted by Gasteiger charge is -2.12. The Morgan fingerprint density at radius 2 is 1.88 bits per heavy atom. The van der Waals surface area contributed by atoms with Gasteiger partial charge in [0, 0.05) is 29.9 Å². The van der Waals surface area contributed by atoms with Gasteiger partial charge < -0.3 is 15.4 Å². The van der Waals surface area contributed by atoms with Crippen molar-refractivity contribution >= 4 is 52.9 Å². The van der Waals surface area contributed by atoms with Crippen LogP contribution in [-0.2, 0) is 6.42 Å². The third kappa shape index (κ3) is 7.79.